The molecule has 0 fully saturated rings. The molecule has 92 valence electrons. The number of nitrogens with one attached hydrogen (secondary N) is 1. The second kappa shape index (κ2) is 5.75. The lowest BCUT2D eigenvalue weighted by molar-refractivity contribution is 0.621. The van der Waals surface area contributed by atoms with Crippen molar-refractivity contribution in [3.05, 3.63) is 64.4 Å². The van der Waals surface area contributed by atoms with Crippen LogP contribution in [-0.4, -0.2) is 5.84 Å². The highest BCUT2D eigenvalue weighted by molar-refractivity contribution is 9.10. The Balaban J connectivity index is 2.39. The first-order chi connectivity index (χ1) is 8.70. The summed E-state index contributed by atoms with van der Waals surface area (Å²) < 4.78 is 13.5. The van der Waals surface area contributed by atoms with Crippen LogP contribution in [-0.2, 0) is 0 Å². The predicted octanol–water partition coefficient (Wildman–Crippen LogP) is 3.13. The maximum atomic E-state index is 13.2. The van der Waals surface area contributed by atoms with E-state index in [1.807, 2.05) is 30.3 Å². The molecule has 0 radical (unpaired) electrons. The minimum Gasteiger partial charge on any atom is -0.308 e. The van der Waals surface area contributed by atoms with Crippen LogP contribution < -0.4 is 11.3 Å². The molecule has 0 aliphatic heterocycles. The van der Waals surface area contributed by atoms with Gasteiger partial charge in [0.2, 0.25) is 0 Å². The van der Waals surface area contributed by atoms with Gasteiger partial charge < -0.3 is 5.43 Å². The van der Waals surface area contributed by atoms with Crippen LogP contribution in [0, 0.1) is 5.82 Å². The van der Waals surface area contributed by atoms with Crippen LogP contribution in [0.4, 0.5) is 10.1 Å². The van der Waals surface area contributed by atoms with E-state index in [0.717, 1.165) is 5.69 Å². The number of rotatable bonds is 2. The van der Waals surface area contributed by atoms with Crippen molar-refractivity contribution in [2.75, 3.05) is 0 Å². The van der Waals surface area contributed by atoms with Crippen LogP contribution in [0.15, 0.2) is 58.0 Å². The molecule has 0 amide bonds. The minimum atomic E-state index is -0.324. The first-order valence-electron chi connectivity index (χ1n) is 5.26. The summed E-state index contributed by atoms with van der Waals surface area (Å²) in [5.74, 6) is 5.60. The summed E-state index contributed by atoms with van der Waals surface area (Å²) in [5, 5.41) is 0. The van der Waals surface area contributed by atoms with Gasteiger partial charge in [-0.2, -0.15) is 0 Å². The van der Waals surface area contributed by atoms with E-state index in [4.69, 9.17) is 5.84 Å². The van der Waals surface area contributed by atoms with Gasteiger partial charge in [-0.1, -0.05) is 18.2 Å². The molecular formula is C13H11BrFN3. The van der Waals surface area contributed by atoms with Crippen molar-refractivity contribution in [3.63, 3.8) is 0 Å². The zero-order chi connectivity index (χ0) is 13.0. The lowest BCUT2D eigenvalue weighted by Gasteiger charge is -2.06. The molecule has 2 rings (SSSR count). The van der Waals surface area contributed by atoms with E-state index in [9.17, 15) is 4.39 Å². The third-order valence-corrected chi connectivity index (χ3v) is 2.93. The first kappa shape index (κ1) is 12.7. The molecule has 3 N–H and O–H groups in total. The molecule has 0 aliphatic carbocycles. The van der Waals surface area contributed by atoms with Crippen molar-refractivity contribution in [2.24, 2.45) is 10.8 Å². The number of aliphatic imine (C=N–C) groups is 1. The Bertz CT molecular complexity index is 570. The average Bonchev–Trinajstić information content (AvgIpc) is 2.40. The predicted molar refractivity (Wildman–Crippen MR) is 74.1 cm³/mol. The molecule has 0 bridgehead atoms. The molecule has 2 aromatic carbocycles. The number of nitrogens with two attached hydrogens (primary N) is 1. The van der Waals surface area contributed by atoms with Crippen molar-refractivity contribution in [1.82, 2.24) is 5.43 Å². The molecule has 5 heteroatoms. The van der Waals surface area contributed by atoms with Crippen LogP contribution >= 0.6 is 15.9 Å². The molecule has 0 unspecified atom stereocenters. The Morgan fingerprint density at radius 1 is 1.17 bits per heavy atom. The van der Waals surface area contributed by atoms with Crippen LogP contribution in [0.5, 0.6) is 0 Å². The van der Waals surface area contributed by atoms with Crippen molar-refractivity contribution in [1.29, 1.82) is 0 Å². The maximum absolute atomic E-state index is 13.2. The molecule has 18 heavy (non-hydrogen) atoms. The number of hydrazine groups is 1. The molecule has 2 aromatic rings. The summed E-state index contributed by atoms with van der Waals surface area (Å²) in [7, 11) is 0. The summed E-state index contributed by atoms with van der Waals surface area (Å²) in [5.41, 5.74) is 3.99. The van der Waals surface area contributed by atoms with Crippen molar-refractivity contribution in [2.45, 2.75) is 0 Å². The van der Waals surface area contributed by atoms with Gasteiger partial charge in [0.05, 0.1) is 10.2 Å². The summed E-state index contributed by atoms with van der Waals surface area (Å²) >= 11 is 3.13. The zero-order valence-electron chi connectivity index (χ0n) is 9.40. The van der Waals surface area contributed by atoms with Gasteiger partial charge in [0.15, 0.2) is 0 Å². The number of hydrogen-bond donors (Lipinski definition) is 2. The molecule has 3 nitrogen and oxygen atoms in total. The zero-order valence-corrected chi connectivity index (χ0v) is 11.0. The van der Waals surface area contributed by atoms with Gasteiger partial charge in [-0.25, -0.2) is 15.2 Å². The van der Waals surface area contributed by atoms with E-state index in [0.29, 0.717) is 15.9 Å². The van der Waals surface area contributed by atoms with E-state index < -0.39 is 0 Å². The molecule has 0 aliphatic rings. The summed E-state index contributed by atoms with van der Waals surface area (Å²) in [6, 6.07) is 14.0. The first-order valence-corrected chi connectivity index (χ1v) is 6.06. The van der Waals surface area contributed by atoms with E-state index in [1.165, 1.54) is 6.07 Å². The molecule has 0 aromatic heterocycles. The second-order valence-corrected chi connectivity index (χ2v) is 4.42. The lowest BCUT2D eigenvalue weighted by Crippen LogP contribution is -2.30. The van der Waals surface area contributed by atoms with Gasteiger partial charge in [0, 0.05) is 5.56 Å². The van der Waals surface area contributed by atoms with Gasteiger partial charge in [0.25, 0.3) is 0 Å². The topological polar surface area (TPSA) is 50.4 Å². The quantitative estimate of drug-likeness (QED) is 0.387. The van der Waals surface area contributed by atoms with E-state index in [2.05, 4.69) is 26.3 Å². The molecule has 0 heterocycles. The van der Waals surface area contributed by atoms with Crippen LogP contribution in [0.25, 0.3) is 0 Å². The smallest absolute Gasteiger partial charge is 0.147 e. The van der Waals surface area contributed by atoms with Crippen molar-refractivity contribution >= 4 is 27.5 Å². The fourth-order valence-corrected chi connectivity index (χ4v) is 1.83. The van der Waals surface area contributed by atoms with Crippen LogP contribution in [0.3, 0.4) is 0 Å². The summed E-state index contributed by atoms with van der Waals surface area (Å²) in [6.07, 6.45) is 0. The third-order valence-electron chi connectivity index (χ3n) is 2.33. The highest BCUT2D eigenvalue weighted by atomic mass is 79.9. The molecule has 0 atom stereocenters. The summed E-state index contributed by atoms with van der Waals surface area (Å²) in [4.78, 5) is 4.36. The van der Waals surface area contributed by atoms with Gasteiger partial charge in [-0.05, 0) is 46.3 Å². The Morgan fingerprint density at radius 3 is 2.50 bits per heavy atom. The van der Waals surface area contributed by atoms with Gasteiger partial charge in [0.1, 0.15) is 11.7 Å². The largest absolute Gasteiger partial charge is 0.308 e. The molecular weight excluding hydrogens is 297 g/mol. The number of hydrogen-bond acceptors (Lipinski definition) is 2. The van der Waals surface area contributed by atoms with Crippen molar-refractivity contribution in [3.8, 4) is 0 Å². The number of amidine groups is 1. The average molecular weight is 308 g/mol. The molecule has 0 saturated carbocycles. The summed E-state index contributed by atoms with van der Waals surface area (Å²) in [6.45, 7) is 0. The Labute approximate surface area is 113 Å². The fourth-order valence-electron chi connectivity index (χ4n) is 1.46. The number of para-hydroxylation sites is 1. The highest BCUT2D eigenvalue weighted by Crippen LogP contribution is 2.18. The molecule has 0 spiro atoms. The SMILES string of the molecule is NNC(=Nc1ccccc1)c1ccc(F)c(Br)c1. The van der Waals surface area contributed by atoms with E-state index >= 15 is 0 Å². The molecule has 0 saturated heterocycles. The van der Waals surface area contributed by atoms with Crippen LogP contribution in [0.2, 0.25) is 0 Å². The Morgan fingerprint density at radius 2 is 1.89 bits per heavy atom. The number of benzene rings is 2. The standard InChI is InChI=1S/C13H11BrFN3/c14-11-8-9(6-7-12(11)15)13(18-16)17-10-4-2-1-3-5-10/h1-8H,16H2,(H,17,18). The Kier molecular flexibility index (Phi) is 4.07. The monoisotopic (exact) mass is 307 g/mol. The van der Waals surface area contributed by atoms with Gasteiger partial charge in [-0.3, -0.25) is 0 Å². The fraction of sp³-hybridized carbons (Fsp3) is 0. The van der Waals surface area contributed by atoms with Gasteiger partial charge >= 0.3 is 0 Å². The Hall–Kier alpha value is -1.72. The van der Waals surface area contributed by atoms with Crippen molar-refractivity contribution < 1.29 is 4.39 Å². The maximum Gasteiger partial charge on any atom is 0.147 e. The van der Waals surface area contributed by atoms with E-state index in [-0.39, 0.29) is 5.82 Å². The second-order valence-electron chi connectivity index (χ2n) is 3.57. The lowest BCUT2D eigenvalue weighted by atomic mass is 10.2. The third kappa shape index (κ3) is 2.94. The number of nitrogens with zero attached hydrogens (tertiary/aromatic N) is 1. The minimum absolute atomic E-state index is 0.324. The van der Waals surface area contributed by atoms with E-state index in [1.54, 1.807) is 12.1 Å². The number of halogens is 2. The van der Waals surface area contributed by atoms with Crippen LogP contribution in [0.1, 0.15) is 5.56 Å². The van der Waals surface area contributed by atoms with Gasteiger partial charge in [-0.15, -0.1) is 0 Å². The highest BCUT2D eigenvalue weighted by Gasteiger charge is 2.05. The normalized spacial score (nSPS) is 11.4.